The molecule has 0 unspecified atom stereocenters. The van der Waals surface area contributed by atoms with Crippen LogP contribution in [0.1, 0.15) is 42.6 Å². The molecular formula is C19H21N3O2S. The summed E-state index contributed by atoms with van der Waals surface area (Å²) in [4.78, 5) is 18.6. The van der Waals surface area contributed by atoms with Gasteiger partial charge in [-0.05, 0) is 36.8 Å². The van der Waals surface area contributed by atoms with Gasteiger partial charge in [-0.2, -0.15) is 5.10 Å². The molecule has 1 aromatic carbocycles. The third-order valence-corrected chi connectivity index (χ3v) is 4.80. The Kier molecular flexibility index (Phi) is 5.08. The highest BCUT2D eigenvalue weighted by Gasteiger charge is 2.25. The molecule has 0 radical (unpaired) electrons. The molecule has 0 fully saturated rings. The van der Waals surface area contributed by atoms with Crippen molar-refractivity contribution in [3.63, 3.8) is 0 Å². The molecule has 0 bridgehead atoms. The number of hydrogen-bond acceptors (Lipinski definition) is 5. The second-order valence-corrected chi connectivity index (χ2v) is 6.86. The van der Waals surface area contributed by atoms with Crippen molar-refractivity contribution in [2.24, 2.45) is 0 Å². The molecule has 0 saturated heterocycles. The van der Waals surface area contributed by atoms with Crippen LogP contribution in [0, 0.1) is 0 Å². The van der Waals surface area contributed by atoms with E-state index in [0.717, 1.165) is 16.8 Å². The number of H-pyrrole nitrogens is 1. The van der Waals surface area contributed by atoms with Crippen molar-refractivity contribution in [3.05, 3.63) is 41.6 Å². The second-order valence-electron chi connectivity index (χ2n) is 5.99. The number of carbonyl (C=O) groups is 1. The Labute approximate surface area is 151 Å². The van der Waals surface area contributed by atoms with Gasteiger partial charge in [0.25, 0.3) is 0 Å². The number of thioether (sulfide) groups is 1. The van der Waals surface area contributed by atoms with Crippen LogP contribution in [0.2, 0.25) is 0 Å². The molecule has 0 aliphatic carbocycles. The molecule has 0 atom stereocenters. The van der Waals surface area contributed by atoms with Gasteiger partial charge in [0.15, 0.2) is 5.65 Å². The molecule has 1 N–H and O–H groups in total. The van der Waals surface area contributed by atoms with E-state index in [2.05, 4.69) is 36.2 Å². The van der Waals surface area contributed by atoms with Crippen LogP contribution in [-0.2, 0) is 4.74 Å². The first-order valence-electron chi connectivity index (χ1n) is 8.25. The third-order valence-electron chi connectivity index (χ3n) is 4.06. The number of aromatic nitrogens is 3. The first-order valence-corrected chi connectivity index (χ1v) is 9.47. The highest BCUT2D eigenvalue weighted by atomic mass is 32.2. The predicted molar refractivity (Wildman–Crippen MR) is 101 cm³/mol. The maximum atomic E-state index is 12.7. The maximum absolute atomic E-state index is 12.7. The SMILES string of the molecule is CCOC(=O)c1c(C(C)C)c(-c2ccc(SC)cc2)nc2[nH]ncc12. The standard InChI is InChI=1S/C19H21N3O2S/c1-5-24-19(23)16-14-10-20-22-18(14)21-17(15(16)11(2)3)12-6-8-13(25-4)9-7-12/h6-11H,5H2,1-4H3,(H,20,21,22). The summed E-state index contributed by atoms with van der Waals surface area (Å²) < 4.78 is 5.31. The van der Waals surface area contributed by atoms with E-state index < -0.39 is 0 Å². The summed E-state index contributed by atoms with van der Waals surface area (Å²) >= 11 is 1.69. The number of fused-ring (bicyclic) bond motifs is 1. The number of rotatable bonds is 5. The molecule has 6 heteroatoms. The molecule has 0 amide bonds. The van der Waals surface area contributed by atoms with Crippen molar-refractivity contribution >= 4 is 28.8 Å². The second kappa shape index (κ2) is 7.27. The first-order chi connectivity index (χ1) is 12.1. The molecule has 2 aromatic heterocycles. The number of benzene rings is 1. The Morgan fingerprint density at radius 3 is 2.60 bits per heavy atom. The summed E-state index contributed by atoms with van der Waals surface area (Å²) in [5.41, 5.74) is 3.81. The fourth-order valence-corrected chi connectivity index (χ4v) is 3.35. The molecular weight excluding hydrogens is 334 g/mol. The van der Waals surface area contributed by atoms with Crippen molar-refractivity contribution in [2.45, 2.75) is 31.6 Å². The number of ether oxygens (including phenoxy) is 1. The van der Waals surface area contributed by atoms with E-state index >= 15 is 0 Å². The lowest BCUT2D eigenvalue weighted by molar-refractivity contribution is 0.0527. The molecule has 0 aliphatic rings. The number of esters is 1. The fourth-order valence-electron chi connectivity index (χ4n) is 2.94. The Bertz CT molecular complexity index is 901. The molecule has 3 aromatic rings. The number of carbonyl (C=O) groups excluding carboxylic acids is 1. The highest BCUT2D eigenvalue weighted by Crippen LogP contribution is 2.35. The molecule has 0 aliphatic heterocycles. The minimum atomic E-state index is -0.331. The van der Waals surface area contributed by atoms with E-state index in [-0.39, 0.29) is 11.9 Å². The molecule has 5 nitrogen and oxygen atoms in total. The highest BCUT2D eigenvalue weighted by molar-refractivity contribution is 7.98. The van der Waals surface area contributed by atoms with Crippen molar-refractivity contribution in [2.75, 3.05) is 12.9 Å². The van der Waals surface area contributed by atoms with Crippen molar-refractivity contribution in [3.8, 4) is 11.3 Å². The van der Waals surface area contributed by atoms with E-state index in [0.29, 0.717) is 23.2 Å². The summed E-state index contributed by atoms with van der Waals surface area (Å²) in [7, 11) is 0. The Hall–Kier alpha value is -2.34. The van der Waals surface area contributed by atoms with Gasteiger partial charge in [0.05, 0.1) is 29.4 Å². The first kappa shape index (κ1) is 17.5. The molecule has 2 heterocycles. The van der Waals surface area contributed by atoms with Gasteiger partial charge in [0.2, 0.25) is 0 Å². The lowest BCUT2D eigenvalue weighted by Crippen LogP contribution is -2.12. The number of nitrogens with one attached hydrogen (secondary N) is 1. The van der Waals surface area contributed by atoms with E-state index in [1.54, 1.807) is 18.0 Å². The van der Waals surface area contributed by atoms with Gasteiger partial charge in [0, 0.05) is 10.5 Å². The van der Waals surface area contributed by atoms with E-state index in [4.69, 9.17) is 9.72 Å². The van der Waals surface area contributed by atoms with Crippen LogP contribution in [-0.4, -0.2) is 34.0 Å². The zero-order valence-electron chi connectivity index (χ0n) is 14.8. The zero-order valence-corrected chi connectivity index (χ0v) is 15.6. The average Bonchev–Trinajstić information content (AvgIpc) is 3.08. The lowest BCUT2D eigenvalue weighted by atomic mass is 9.91. The largest absolute Gasteiger partial charge is 0.462 e. The monoisotopic (exact) mass is 355 g/mol. The van der Waals surface area contributed by atoms with Gasteiger partial charge in [-0.15, -0.1) is 11.8 Å². The van der Waals surface area contributed by atoms with Crippen LogP contribution >= 0.6 is 11.8 Å². The van der Waals surface area contributed by atoms with Crippen LogP contribution in [0.4, 0.5) is 0 Å². The molecule has 25 heavy (non-hydrogen) atoms. The zero-order chi connectivity index (χ0) is 18.0. The van der Waals surface area contributed by atoms with Crippen LogP contribution in [0.25, 0.3) is 22.3 Å². The van der Waals surface area contributed by atoms with Gasteiger partial charge in [-0.25, -0.2) is 9.78 Å². The number of pyridine rings is 1. The smallest absolute Gasteiger partial charge is 0.339 e. The Morgan fingerprint density at radius 2 is 2.00 bits per heavy atom. The minimum absolute atomic E-state index is 0.112. The van der Waals surface area contributed by atoms with Crippen LogP contribution in [0.15, 0.2) is 35.4 Å². The number of nitrogens with zero attached hydrogens (tertiary/aromatic N) is 2. The normalized spacial score (nSPS) is 11.2. The Balaban J connectivity index is 2.30. The topological polar surface area (TPSA) is 67.9 Å². The van der Waals surface area contributed by atoms with Crippen molar-refractivity contribution in [1.29, 1.82) is 0 Å². The summed E-state index contributed by atoms with van der Waals surface area (Å²) in [6, 6.07) is 8.20. The van der Waals surface area contributed by atoms with Gasteiger partial charge in [0.1, 0.15) is 0 Å². The predicted octanol–water partition coefficient (Wildman–Crippen LogP) is 4.65. The van der Waals surface area contributed by atoms with Gasteiger partial charge < -0.3 is 4.74 Å². The Morgan fingerprint density at radius 1 is 1.28 bits per heavy atom. The quantitative estimate of drug-likeness (QED) is 0.533. The lowest BCUT2D eigenvalue weighted by Gasteiger charge is -2.17. The summed E-state index contributed by atoms with van der Waals surface area (Å²) in [5, 5.41) is 7.65. The van der Waals surface area contributed by atoms with Gasteiger partial charge in [-0.1, -0.05) is 26.0 Å². The third kappa shape index (κ3) is 3.26. The minimum Gasteiger partial charge on any atom is -0.462 e. The number of aromatic amines is 1. The summed E-state index contributed by atoms with van der Waals surface area (Å²) in [6.07, 6.45) is 3.68. The van der Waals surface area contributed by atoms with Gasteiger partial charge in [-0.3, -0.25) is 5.10 Å². The number of hydrogen-bond donors (Lipinski definition) is 1. The average molecular weight is 355 g/mol. The van der Waals surface area contributed by atoms with Crippen LogP contribution in [0.5, 0.6) is 0 Å². The molecule has 0 saturated carbocycles. The van der Waals surface area contributed by atoms with E-state index in [1.165, 1.54) is 4.90 Å². The molecule has 3 rings (SSSR count). The molecule has 0 spiro atoms. The van der Waals surface area contributed by atoms with Crippen LogP contribution < -0.4 is 0 Å². The van der Waals surface area contributed by atoms with Crippen molar-refractivity contribution < 1.29 is 9.53 Å². The molecule has 130 valence electrons. The van der Waals surface area contributed by atoms with Crippen LogP contribution in [0.3, 0.4) is 0 Å². The summed E-state index contributed by atoms with van der Waals surface area (Å²) in [5.74, 6) is -0.219. The fraction of sp³-hybridized carbons (Fsp3) is 0.316. The van der Waals surface area contributed by atoms with Crippen molar-refractivity contribution in [1.82, 2.24) is 15.2 Å². The maximum Gasteiger partial charge on any atom is 0.339 e. The van der Waals surface area contributed by atoms with Gasteiger partial charge >= 0.3 is 5.97 Å². The van der Waals surface area contributed by atoms with E-state index in [1.807, 2.05) is 25.3 Å². The van der Waals surface area contributed by atoms with E-state index in [9.17, 15) is 4.79 Å². The summed E-state index contributed by atoms with van der Waals surface area (Å²) in [6.45, 7) is 6.26.